The van der Waals surface area contributed by atoms with E-state index in [9.17, 15) is 4.79 Å². The van der Waals surface area contributed by atoms with Crippen LogP contribution < -0.4 is 0 Å². The Kier molecular flexibility index (Phi) is 2.91. The van der Waals surface area contributed by atoms with Crippen molar-refractivity contribution in [2.24, 2.45) is 0 Å². The zero-order chi connectivity index (χ0) is 9.90. The van der Waals surface area contributed by atoms with Crippen LogP contribution in [0.1, 0.15) is 44.1 Å². The zero-order valence-corrected chi connectivity index (χ0v) is 8.58. The first kappa shape index (κ1) is 10.0. The number of hydrogen-bond donors (Lipinski definition) is 0. The second kappa shape index (κ2) is 3.77. The van der Waals surface area contributed by atoms with Crippen molar-refractivity contribution < 1.29 is 4.79 Å². The van der Waals surface area contributed by atoms with Crippen LogP contribution in [-0.2, 0) is 5.54 Å². The summed E-state index contributed by atoms with van der Waals surface area (Å²) in [5.74, 6) is 0. The molecule has 0 N–H and O–H groups in total. The topological polar surface area (TPSA) is 22.0 Å². The Bertz CT molecular complexity index is 286. The van der Waals surface area contributed by atoms with Gasteiger partial charge in [0.05, 0.1) is 5.69 Å². The summed E-state index contributed by atoms with van der Waals surface area (Å²) in [6.45, 7) is 6.47. The average Bonchev–Trinajstić information content (AvgIpc) is 2.51. The van der Waals surface area contributed by atoms with E-state index in [1.54, 1.807) is 0 Å². The molecule has 13 heavy (non-hydrogen) atoms. The molecule has 0 spiro atoms. The summed E-state index contributed by atoms with van der Waals surface area (Å²) >= 11 is 0. The number of carbonyl (C=O) groups is 1. The first-order chi connectivity index (χ1) is 6.11. The summed E-state index contributed by atoms with van der Waals surface area (Å²) in [5, 5.41) is 0. The van der Waals surface area contributed by atoms with Gasteiger partial charge in [0.1, 0.15) is 0 Å². The maximum absolute atomic E-state index is 10.7. The van der Waals surface area contributed by atoms with Gasteiger partial charge >= 0.3 is 0 Å². The highest BCUT2D eigenvalue weighted by Crippen LogP contribution is 2.23. The largest absolute Gasteiger partial charge is 0.340 e. The Balaban J connectivity index is 2.98. The lowest BCUT2D eigenvalue weighted by molar-refractivity contribution is 0.110. The molecule has 72 valence electrons. The fourth-order valence-electron chi connectivity index (χ4n) is 1.77. The van der Waals surface area contributed by atoms with Gasteiger partial charge in [-0.05, 0) is 32.4 Å². The summed E-state index contributed by atoms with van der Waals surface area (Å²) in [4.78, 5) is 10.7. The van der Waals surface area contributed by atoms with Crippen LogP contribution in [0.4, 0.5) is 0 Å². The van der Waals surface area contributed by atoms with Gasteiger partial charge in [-0.1, -0.05) is 13.3 Å². The van der Waals surface area contributed by atoms with Crippen LogP contribution in [0.2, 0.25) is 0 Å². The molecule has 0 atom stereocenters. The molecular formula is C11H17NO. The minimum Gasteiger partial charge on any atom is -0.340 e. The first-order valence-electron chi connectivity index (χ1n) is 4.75. The lowest BCUT2D eigenvalue weighted by atomic mass is 9.98. The number of aldehydes is 1. The number of hydrogen-bond acceptors (Lipinski definition) is 1. The van der Waals surface area contributed by atoms with Crippen molar-refractivity contribution >= 4 is 6.29 Å². The summed E-state index contributed by atoms with van der Waals surface area (Å²) < 4.78 is 2.05. The molecule has 0 amide bonds. The van der Waals surface area contributed by atoms with Gasteiger partial charge in [0.2, 0.25) is 0 Å². The molecule has 0 aromatic carbocycles. The fourth-order valence-corrected chi connectivity index (χ4v) is 1.77. The van der Waals surface area contributed by atoms with Gasteiger partial charge in [-0.25, -0.2) is 0 Å². The molecule has 0 fully saturated rings. The number of aromatic nitrogens is 1. The SMILES string of the molecule is CCCC(C)(C)n1cccc1C=O. The van der Waals surface area contributed by atoms with E-state index in [1.165, 1.54) is 0 Å². The van der Waals surface area contributed by atoms with Crippen LogP contribution in [0.15, 0.2) is 18.3 Å². The third kappa shape index (κ3) is 2.00. The number of carbonyl (C=O) groups excluding carboxylic acids is 1. The van der Waals surface area contributed by atoms with E-state index < -0.39 is 0 Å². The molecule has 0 bridgehead atoms. The van der Waals surface area contributed by atoms with Gasteiger partial charge < -0.3 is 4.57 Å². The second-order valence-electron chi connectivity index (χ2n) is 3.98. The molecular weight excluding hydrogens is 162 g/mol. The van der Waals surface area contributed by atoms with Crippen molar-refractivity contribution in [1.82, 2.24) is 4.57 Å². The molecule has 0 aliphatic carbocycles. The highest BCUT2D eigenvalue weighted by molar-refractivity contribution is 5.72. The van der Waals surface area contributed by atoms with Crippen molar-refractivity contribution in [1.29, 1.82) is 0 Å². The maximum atomic E-state index is 10.7. The van der Waals surface area contributed by atoms with Crippen LogP contribution in [0.5, 0.6) is 0 Å². The first-order valence-corrected chi connectivity index (χ1v) is 4.75. The lowest BCUT2D eigenvalue weighted by Crippen LogP contribution is -2.26. The molecule has 1 heterocycles. The van der Waals surface area contributed by atoms with E-state index in [0.29, 0.717) is 0 Å². The monoisotopic (exact) mass is 179 g/mol. The standard InChI is InChI=1S/C11H17NO/c1-4-7-11(2,3)12-8-5-6-10(12)9-13/h5-6,8-9H,4,7H2,1-3H3. The van der Waals surface area contributed by atoms with Crippen molar-refractivity contribution in [3.8, 4) is 0 Å². The van der Waals surface area contributed by atoms with Crippen LogP contribution in [0.3, 0.4) is 0 Å². The van der Waals surface area contributed by atoms with Gasteiger partial charge in [-0.2, -0.15) is 0 Å². The zero-order valence-electron chi connectivity index (χ0n) is 8.58. The minimum absolute atomic E-state index is 0.0501. The predicted octanol–water partition coefficient (Wildman–Crippen LogP) is 2.84. The van der Waals surface area contributed by atoms with Gasteiger partial charge in [0.15, 0.2) is 6.29 Å². The van der Waals surface area contributed by atoms with Crippen molar-refractivity contribution in [2.75, 3.05) is 0 Å². The highest BCUT2D eigenvalue weighted by Gasteiger charge is 2.20. The minimum atomic E-state index is 0.0501. The molecule has 2 nitrogen and oxygen atoms in total. The number of nitrogens with zero attached hydrogens (tertiary/aromatic N) is 1. The van der Waals surface area contributed by atoms with Gasteiger partial charge in [0.25, 0.3) is 0 Å². The smallest absolute Gasteiger partial charge is 0.166 e. The van der Waals surface area contributed by atoms with E-state index in [-0.39, 0.29) is 5.54 Å². The van der Waals surface area contributed by atoms with E-state index in [2.05, 4.69) is 20.8 Å². The summed E-state index contributed by atoms with van der Waals surface area (Å²) in [6, 6.07) is 3.77. The third-order valence-corrected chi connectivity index (χ3v) is 2.41. The summed E-state index contributed by atoms with van der Waals surface area (Å²) in [6.07, 6.45) is 5.10. The van der Waals surface area contributed by atoms with Crippen LogP contribution in [-0.4, -0.2) is 10.9 Å². The fraction of sp³-hybridized carbons (Fsp3) is 0.545. The van der Waals surface area contributed by atoms with Gasteiger partial charge in [-0.15, -0.1) is 0 Å². The van der Waals surface area contributed by atoms with E-state index in [1.807, 2.05) is 22.9 Å². The normalized spacial score (nSPS) is 11.6. The molecule has 2 heteroatoms. The molecule has 0 saturated heterocycles. The van der Waals surface area contributed by atoms with Crippen molar-refractivity contribution in [3.05, 3.63) is 24.0 Å². The van der Waals surface area contributed by atoms with E-state index >= 15 is 0 Å². The highest BCUT2D eigenvalue weighted by atomic mass is 16.1. The summed E-state index contributed by atoms with van der Waals surface area (Å²) in [7, 11) is 0. The predicted molar refractivity (Wildman–Crippen MR) is 54.0 cm³/mol. The molecule has 1 rings (SSSR count). The van der Waals surface area contributed by atoms with Crippen molar-refractivity contribution in [3.63, 3.8) is 0 Å². The van der Waals surface area contributed by atoms with Gasteiger partial charge in [0, 0.05) is 11.7 Å². The molecule has 0 aliphatic rings. The average molecular weight is 179 g/mol. The maximum Gasteiger partial charge on any atom is 0.166 e. The third-order valence-electron chi connectivity index (χ3n) is 2.41. The van der Waals surface area contributed by atoms with Crippen LogP contribution in [0.25, 0.3) is 0 Å². The van der Waals surface area contributed by atoms with E-state index in [4.69, 9.17) is 0 Å². The van der Waals surface area contributed by atoms with Crippen LogP contribution in [0, 0.1) is 0 Å². The molecule has 0 radical (unpaired) electrons. The molecule has 0 aliphatic heterocycles. The Morgan fingerprint density at radius 2 is 2.23 bits per heavy atom. The molecule has 0 saturated carbocycles. The molecule has 0 unspecified atom stereocenters. The Morgan fingerprint density at radius 1 is 1.54 bits per heavy atom. The number of rotatable bonds is 4. The molecule has 1 aromatic heterocycles. The Labute approximate surface area is 79.6 Å². The molecule has 1 aromatic rings. The second-order valence-corrected chi connectivity index (χ2v) is 3.98. The van der Waals surface area contributed by atoms with Crippen LogP contribution >= 0.6 is 0 Å². The quantitative estimate of drug-likeness (QED) is 0.651. The Hall–Kier alpha value is -1.05. The lowest BCUT2D eigenvalue weighted by Gasteiger charge is -2.27. The summed E-state index contributed by atoms with van der Waals surface area (Å²) in [5.41, 5.74) is 0.813. The van der Waals surface area contributed by atoms with Crippen molar-refractivity contribution in [2.45, 2.75) is 39.2 Å². The van der Waals surface area contributed by atoms with Gasteiger partial charge in [-0.3, -0.25) is 4.79 Å². The Morgan fingerprint density at radius 3 is 2.77 bits per heavy atom. The van der Waals surface area contributed by atoms with E-state index in [0.717, 1.165) is 24.8 Å².